The van der Waals surface area contributed by atoms with E-state index >= 15 is 0 Å². The third-order valence-corrected chi connectivity index (χ3v) is 5.14. The SMILES string of the molecule is Cc1c(NCC(=O)NC(c2ccccc2)c2cccs2)cccc1[N+](=O)[O-]. The van der Waals surface area contributed by atoms with Crippen molar-refractivity contribution in [3.63, 3.8) is 0 Å². The van der Waals surface area contributed by atoms with Crippen LogP contribution >= 0.6 is 11.3 Å². The lowest BCUT2D eigenvalue weighted by molar-refractivity contribution is -0.385. The van der Waals surface area contributed by atoms with Gasteiger partial charge in [-0.15, -0.1) is 11.3 Å². The van der Waals surface area contributed by atoms with Crippen LogP contribution in [0.15, 0.2) is 66.0 Å². The van der Waals surface area contributed by atoms with E-state index in [0.29, 0.717) is 11.3 Å². The van der Waals surface area contributed by atoms with E-state index in [0.717, 1.165) is 10.4 Å². The van der Waals surface area contributed by atoms with Crippen molar-refractivity contribution in [2.24, 2.45) is 0 Å². The number of nitrogens with one attached hydrogen (secondary N) is 2. The molecule has 1 aromatic heterocycles. The van der Waals surface area contributed by atoms with E-state index in [1.165, 1.54) is 6.07 Å². The van der Waals surface area contributed by atoms with Crippen molar-refractivity contribution in [3.8, 4) is 0 Å². The van der Waals surface area contributed by atoms with Crippen LogP contribution in [0.5, 0.6) is 0 Å². The summed E-state index contributed by atoms with van der Waals surface area (Å²) in [6.07, 6.45) is 0. The number of nitrogens with zero attached hydrogens (tertiary/aromatic N) is 1. The normalized spacial score (nSPS) is 11.6. The zero-order valence-corrected chi connectivity index (χ0v) is 15.5. The highest BCUT2D eigenvalue weighted by atomic mass is 32.1. The molecule has 0 radical (unpaired) electrons. The Morgan fingerprint density at radius 1 is 1.11 bits per heavy atom. The molecule has 0 spiro atoms. The molecule has 138 valence electrons. The van der Waals surface area contributed by atoms with Crippen molar-refractivity contribution in [1.82, 2.24) is 5.32 Å². The van der Waals surface area contributed by atoms with Gasteiger partial charge in [0.05, 0.1) is 17.5 Å². The van der Waals surface area contributed by atoms with Crippen LogP contribution in [0.25, 0.3) is 0 Å². The Morgan fingerprint density at radius 3 is 2.56 bits per heavy atom. The van der Waals surface area contributed by atoms with Gasteiger partial charge in [0.15, 0.2) is 0 Å². The smallest absolute Gasteiger partial charge is 0.274 e. The van der Waals surface area contributed by atoms with Crippen molar-refractivity contribution in [2.45, 2.75) is 13.0 Å². The van der Waals surface area contributed by atoms with Crippen LogP contribution in [0.1, 0.15) is 22.0 Å². The van der Waals surface area contributed by atoms with Crippen LogP contribution < -0.4 is 10.6 Å². The van der Waals surface area contributed by atoms with Crippen LogP contribution in [-0.4, -0.2) is 17.4 Å². The van der Waals surface area contributed by atoms with Crippen LogP contribution in [0.3, 0.4) is 0 Å². The van der Waals surface area contributed by atoms with Gasteiger partial charge >= 0.3 is 0 Å². The van der Waals surface area contributed by atoms with Gasteiger partial charge in [-0.3, -0.25) is 14.9 Å². The second-order valence-corrected chi connectivity index (χ2v) is 6.97. The van der Waals surface area contributed by atoms with Gasteiger partial charge in [-0.25, -0.2) is 0 Å². The lowest BCUT2D eigenvalue weighted by atomic mass is 10.1. The minimum absolute atomic E-state index is 0.0245. The Kier molecular flexibility index (Phi) is 5.83. The Hall–Kier alpha value is -3.19. The number of nitro groups is 1. The highest BCUT2D eigenvalue weighted by molar-refractivity contribution is 7.10. The van der Waals surface area contributed by atoms with Gasteiger partial charge in [0.25, 0.3) is 5.69 Å². The fourth-order valence-corrected chi connectivity index (χ4v) is 3.62. The van der Waals surface area contributed by atoms with Crippen molar-refractivity contribution in [2.75, 3.05) is 11.9 Å². The second kappa shape index (κ2) is 8.46. The van der Waals surface area contributed by atoms with Crippen LogP contribution in [-0.2, 0) is 4.79 Å². The van der Waals surface area contributed by atoms with Gasteiger partial charge in [-0.1, -0.05) is 42.5 Å². The summed E-state index contributed by atoms with van der Waals surface area (Å²) in [4.78, 5) is 24.2. The molecule has 0 saturated heterocycles. The molecule has 0 bridgehead atoms. The van der Waals surface area contributed by atoms with Crippen molar-refractivity contribution >= 4 is 28.6 Å². The summed E-state index contributed by atoms with van der Waals surface area (Å²) in [5.74, 6) is -0.192. The third-order valence-electron chi connectivity index (χ3n) is 4.21. The fourth-order valence-electron chi connectivity index (χ4n) is 2.82. The maximum absolute atomic E-state index is 12.5. The molecular formula is C20H19N3O3S. The van der Waals surface area contributed by atoms with E-state index in [4.69, 9.17) is 0 Å². The molecule has 7 heteroatoms. The van der Waals surface area contributed by atoms with E-state index in [-0.39, 0.29) is 24.2 Å². The molecule has 3 rings (SSSR count). The molecule has 0 aliphatic carbocycles. The van der Waals surface area contributed by atoms with Crippen molar-refractivity contribution in [3.05, 3.63) is 92.2 Å². The largest absolute Gasteiger partial charge is 0.376 e. The topological polar surface area (TPSA) is 84.3 Å². The summed E-state index contributed by atoms with van der Waals surface area (Å²) in [6.45, 7) is 1.69. The first-order valence-electron chi connectivity index (χ1n) is 8.42. The minimum Gasteiger partial charge on any atom is -0.376 e. The lowest BCUT2D eigenvalue weighted by Gasteiger charge is -2.19. The zero-order valence-electron chi connectivity index (χ0n) is 14.7. The summed E-state index contributed by atoms with van der Waals surface area (Å²) in [5, 5.41) is 19.1. The van der Waals surface area contributed by atoms with E-state index < -0.39 is 4.92 Å². The van der Waals surface area contributed by atoms with Gasteiger partial charge in [0.2, 0.25) is 5.91 Å². The number of anilines is 1. The number of benzene rings is 2. The van der Waals surface area contributed by atoms with Crippen molar-refractivity contribution in [1.29, 1.82) is 0 Å². The Bertz CT molecular complexity index is 927. The first-order chi connectivity index (χ1) is 13.1. The maximum atomic E-state index is 12.5. The van der Waals surface area contributed by atoms with E-state index in [9.17, 15) is 14.9 Å². The first kappa shape index (κ1) is 18.6. The standard InChI is InChI=1S/C20H19N3O3S/c1-14-16(9-5-10-17(14)23(25)26)21-13-19(24)22-20(18-11-6-12-27-18)15-7-3-2-4-8-15/h2-12,20-21H,13H2,1H3,(H,22,24). The Labute approximate surface area is 161 Å². The quantitative estimate of drug-likeness (QED) is 0.472. The number of hydrogen-bond donors (Lipinski definition) is 2. The summed E-state index contributed by atoms with van der Waals surface area (Å²) in [5.41, 5.74) is 2.11. The molecule has 3 aromatic rings. The number of carbonyl (C=O) groups excluding carboxylic acids is 1. The summed E-state index contributed by atoms with van der Waals surface area (Å²) < 4.78 is 0. The first-order valence-corrected chi connectivity index (χ1v) is 9.30. The molecule has 6 nitrogen and oxygen atoms in total. The molecular weight excluding hydrogens is 362 g/mol. The van der Waals surface area contributed by atoms with Gasteiger partial charge in [0.1, 0.15) is 0 Å². The molecule has 1 heterocycles. The van der Waals surface area contributed by atoms with Crippen molar-refractivity contribution < 1.29 is 9.72 Å². The zero-order chi connectivity index (χ0) is 19.2. The van der Waals surface area contributed by atoms with E-state index in [1.54, 1.807) is 30.4 Å². The fraction of sp³-hybridized carbons (Fsp3) is 0.150. The number of thiophene rings is 1. The number of hydrogen-bond acceptors (Lipinski definition) is 5. The summed E-state index contributed by atoms with van der Waals surface area (Å²) in [6, 6.07) is 18.2. The highest BCUT2D eigenvalue weighted by Crippen LogP contribution is 2.27. The second-order valence-electron chi connectivity index (χ2n) is 5.99. The Morgan fingerprint density at radius 2 is 1.89 bits per heavy atom. The number of rotatable bonds is 7. The molecule has 2 aromatic carbocycles. The predicted molar refractivity (Wildman–Crippen MR) is 107 cm³/mol. The van der Waals surface area contributed by atoms with Gasteiger partial charge in [-0.2, -0.15) is 0 Å². The van der Waals surface area contributed by atoms with Gasteiger partial charge < -0.3 is 10.6 Å². The van der Waals surface area contributed by atoms with Crippen LogP contribution in [0.4, 0.5) is 11.4 Å². The highest BCUT2D eigenvalue weighted by Gasteiger charge is 2.18. The number of amides is 1. The summed E-state index contributed by atoms with van der Waals surface area (Å²) in [7, 11) is 0. The Balaban J connectivity index is 1.71. The molecule has 27 heavy (non-hydrogen) atoms. The molecule has 1 amide bonds. The van der Waals surface area contributed by atoms with E-state index in [1.807, 2.05) is 47.8 Å². The summed E-state index contributed by atoms with van der Waals surface area (Å²) >= 11 is 1.58. The van der Waals surface area contributed by atoms with E-state index in [2.05, 4.69) is 10.6 Å². The number of nitro benzene ring substituents is 1. The average Bonchev–Trinajstić information content (AvgIpc) is 3.20. The van der Waals surface area contributed by atoms with Gasteiger partial charge in [0, 0.05) is 22.2 Å². The van der Waals surface area contributed by atoms with Gasteiger partial charge in [-0.05, 0) is 30.0 Å². The third kappa shape index (κ3) is 4.51. The lowest BCUT2D eigenvalue weighted by Crippen LogP contribution is -2.33. The molecule has 0 aliphatic rings. The molecule has 2 N–H and O–H groups in total. The minimum atomic E-state index is -0.428. The molecule has 0 saturated carbocycles. The van der Waals surface area contributed by atoms with Crippen LogP contribution in [0.2, 0.25) is 0 Å². The average molecular weight is 381 g/mol. The predicted octanol–water partition coefficient (Wildman–Crippen LogP) is 4.28. The molecule has 1 atom stereocenters. The monoisotopic (exact) mass is 381 g/mol. The van der Waals surface area contributed by atoms with Crippen LogP contribution in [0, 0.1) is 17.0 Å². The number of carbonyl (C=O) groups is 1. The maximum Gasteiger partial charge on any atom is 0.274 e. The molecule has 0 fully saturated rings. The molecule has 1 unspecified atom stereocenters. The molecule has 0 aliphatic heterocycles.